The quantitative estimate of drug-likeness (QED) is 0.199. The van der Waals surface area contributed by atoms with Gasteiger partial charge in [0, 0.05) is 11.8 Å². The summed E-state index contributed by atoms with van der Waals surface area (Å²) in [7, 11) is 0. The van der Waals surface area contributed by atoms with E-state index in [0.717, 1.165) is 0 Å². The first-order valence-corrected chi connectivity index (χ1v) is 0.991. The molecule has 0 atom stereocenters. The van der Waals surface area contributed by atoms with Gasteiger partial charge in [0.15, 0.2) is 0 Å². The monoisotopic (exact) mass is 101 g/mol. The van der Waals surface area contributed by atoms with E-state index in [4.69, 9.17) is 15.7 Å². The van der Waals surface area contributed by atoms with Gasteiger partial charge >= 0.3 is 0 Å². The van der Waals surface area contributed by atoms with E-state index in [1.165, 1.54) is 5.00 Å². The molecule has 0 bridgehead atoms. The van der Waals surface area contributed by atoms with Crippen molar-refractivity contribution in [1.82, 2.24) is 5.00 Å². The van der Waals surface area contributed by atoms with E-state index in [2.05, 4.69) is 11.8 Å². The van der Waals surface area contributed by atoms with Crippen molar-refractivity contribution in [3.63, 3.8) is 0 Å². The predicted octanol–water partition coefficient (Wildman–Crippen LogP) is 0.136. The summed E-state index contributed by atoms with van der Waals surface area (Å²) in [6.07, 6.45) is 0. The maximum absolute atomic E-state index is 7.08. The van der Waals surface area contributed by atoms with Crippen molar-refractivity contribution in [2.75, 3.05) is 0 Å². The topological polar surface area (TPSA) is 72.7 Å². The Morgan fingerprint density at radius 3 is 1.40 bits per heavy atom. The van der Waals surface area contributed by atoms with E-state index in [1.54, 1.807) is 0 Å². The van der Waals surface area contributed by atoms with Crippen molar-refractivity contribution in [3.05, 3.63) is 0 Å². The summed E-state index contributed by atoms with van der Waals surface area (Å²) in [4.78, 5) is 1.22. The van der Waals surface area contributed by atoms with Crippen LogP contribution in [0.1, 0.15) is 0 Å². The van der Waals surface area contributed by atoms with E-state index in [9.17, 15) is 0 Å². The SMILES string of the molecule is ONCl.OO. The van der Waals surface area contributed by atoms with Crippen LogP contribution in [0, 0.1) is 0 Å². The Kier molecular flexibility index (Phi) is 56.6. The van der Waals surface area contributed by atoms with Gasteiger partial charge in [-0.1, -0.05) is 0 Å². The molecule has 0 fully saturated rings. The summed E-state index contributed by atoms with van der Waals surface area (Å²) < 4.78 is 0. The molecule has 0 aromatic carbocycles. The Morgan fingerprint density at radius 1 is 1.40 bits per heavy atom. The van der Waals surface area contributed by atoms with Crippen LogP contribution in [0.25, 0.3) is 0 Å². The molecular formula is H4ClNO3. The molecule has 4 nitrogen and oxygen atoms in total. The minimum atomic E-state index is 1.22. The third-order valence-corrected chi connectivity index (χ3v) is 0. The van der Waals surface area contributed by atoms with Crippen LogP contribution in [0.5, 0.6) is 0 Å². The van der Waals surface area contributed by atoms with Crippen molar-refractivity contribution in [2.45, 2.75) is 0 Å². The van der Waals surface area contributed by atoms with Crippen LogP contribution in [-0.2, 0) is 0 Å². The van der Waals surface area contributed by atoms with Gasteiger partial charge in [0.25, 0.3) is 0 Å². The molecule has 0 aliphatic heterocycles. The lowest BCUT2D eigenvalue weighted by molar-refractivity contribution is -0.176. The second kappa shape index (κ2) is 31.7. The Hall–Kier alpha value is 0.130. The molecule has 0 amide bonds. The van der Waals surface area contributed by atoms with Gasteiger partial charge in [-0.05, 0) is 0 Å². The zero-order valence-electron chi connectivity index (χ0n) is 2.22. The van der Waals surface area contributed by atoms with Gasteiger partial charge < -0.3 is 5.21 Å². The van der Waals surface area contributed by atoms with Gasteiger partial charge in [-0.25, -0.2) is 0 Å². The molecule has 0 rings (SSSR count). The lowest BCUT2D eigenvalue weighted by Gasteiger charge is -1.55. The highest BCUT2D eigenvalue weighted by atomic mass is 35.5. The Morgan fingerprint density at radius 2 is 1.40 bits per heavy atom. The summed E-state index contributed by atoms with van der Waals surface area (Å²) >= 11 is 4.30. The van der Waals surface area contributed by atoms with E-state index in [0.29, 0.717) is 0 Å². The van der Waals surface area contributed by atoms with Gasteiger partial charge in [-0.3, -0.25) is 10.5 Å². The molecule has 0 aromatic heterocycles. The smallest absolute Gasteiger partial charge is 0.00268 e. The fourth-order valence-corrected chi connectivity index (χ4v) is 0. The maximum atomic E-state index is 7.08. The molecule has 34 valence electrons. The molecule has 0 saturated heterocycles. The summed E-state index contributed by atoms with van der Waals surface area (Å²) in [6.45, 7) is 0. The van der Waals surface area contributed by atoms with Crippen LogP contribution in [0.4, 0.5) is 0 Å². The van der Waals surface area contributed by atoms with Gasteiger partial charge in [0.2, 0.25) is 0 Å². The fraction of sp³-hybridized carbons (Fsp3) is 0. The number of nitrogens with one attached hydrogen (secondary N) is 1. The molecule has 0 saturated carbocycles. The third-order valence-electron chi connectivity index (χ3n) is 0. The molecule has 0 aromatic rings. The molecule has 0 radical (unpaired) electrons. The average molecular weight is 101 g/mol. The lowest BCUT2D eigenvalue weighted by Crippen LogP contribution is -1.78. The van der Waals surface area contributed by atoms with Crippen molar-refractivity contribution < 1.29 is 15.7 Å². The van der Waals surface area contributed by atoms with Crippen LogP contribution in [0.15, 0.2) is 0 Å². The summed E-state index contributed by atoms with van der Waals surface area (Å²) in [5, 5.41) is 19.1. The van der Waals surface area contributed by atoms with Crippen LogP contribution >= 0.6 is 11.8 Å². The first-order chi connectivity index (χ1) is 2.41. The van der Waals surface area contributed by atoms with Crippen LogP contribution in [-0.4, -0.2) is 15.7 Å². The Balaban J connectivity index is 0. The summed E-state index contributed by atoms with van der Waals surface area (Å²) in [5.41, 5.74) is 0. The molecule has 5 heteroatoms. The molecule has 4 N–H and O–H groups in total. The third kappa shape index (κ3) is 1110. The van der Waals surface area contributed by atoms with Gasteiger partial charge in [-0.15, -0.1) is 5.00 Å². The van der Waals surface area contributed by atoms with Crippen LogP contribution in [0.3, 0.4) is 0 Å². The van der Waals surface area contributed by atoms with Gasteiger partial charge in [0.1, 0.15) is 0 Å². The molecular weight excluding hydrogens is 97.5 g/mol. The average Bonchev–Trinajstić information content (AvgIpc) is 1.46. The van der Waals surface area contributed by atoms with Crippen LogP contribution < -0.4 is 5.00 Å². The minimum absolute atomic E-state index is 1.22. The second-order valence-electron chi connectivity index (χ2n) is 0.0845. The predicted molar refractivity (Wildman–Crippen MR) is 16.0 cm³/mol. The van der Waals surface area contributed by atoms with Crippen molar-refractivity contribution >= 4 is 11.8 Å². The lowest BCUT2D eigenvalue weighted by atomic mass is 13.6. The first-order valence-electron chi connectivity index (χ1n) is 0.613. The second-order valence-corrected chi connectivity index (χ2v) is 0.254. The number of rotatable bonds is 0. The Labute approximate surface area is 33.6 Å². The molecule has 0 spiro atoms. The highest BCUT2D eigenvalue weighted by Crippen LogP contribution is 1.37. The standard InChI is InChI=1S/ClH2NO.H2O2/c1-2-3;1-2/h2-3H;1-2H. The minimum Gasteiger partial charge on any atom is -0.301 e. The van der Waals surface area contributed by atoms with Gasteiger partial charge in [-0.2, -0.15) is 0 Å². The normalized spacial score (nSPS) is 4.80. The zero-order valence-corrected chi connectivity index (χ0v) is 2.98. The molecule has 0 aliphatic carbocycles. The van der Waals surface area contributed by atoms with E-state index in [-0.39, 0.29) is 0 Å². The first kappa shape index (κ1) is 8.93. The molecule has 0 unspecified atom stereocenters. The summed E-state index contributed by atoms with van der Waals surface area (Å²) in [6, 6.07) is 0. The number of hydrogen-bond acceptors (Lipinski definition) is 4. The highest BCUT2D eigenvalue weighted by molar-refractivity contribution is 6.12. The zero-order chi connectivity index (χ0) is 4.71. The maximum Gasteiger partial charge on any atom is 0.00268 e. The molecule has 0 aliphatic rings. The number of halogens is 1. The van der Waals surface area contributed by atoms with Crippen molar-refractivity contribution in [1.29, 1.82) is 0 Å². The largest absolute Gasteiger partial charge is 0.301 e. The van der Waals surface area contributed by atoms with Crippen LogP contribution in [0.2, 0.25) is 0 Å². The van der Waals surface area contributed by atoms with E-state index in [1.807, 2.05) is 0 Å². The fourth-order valence-electron chi connectivity index (χ4n) is 0. The van der Waals surface area contributed by atoms with Crippen molar-refractivity contribution in [2.24, 2.45) is 0 Å². The molecule has 5 heavy (non-hydrogen) atoms. The number of hydrogen-bond donors (Lipinski definition) is 4. The van der Waals surface area contributed by atoms with Gasteiger partial charge in [0.05, 0.1) is 0 Å². The molecule has 0 heterocycles. The van der Waals surface area contributed by atoms with E-state index < -0.39 is 0 Å². The highest BCUT2D eigenvalue weighted by Gasteiger charge is 1.29. The van der Waals surface area contributed by atoms with E-state index >= 15 is 0 Å². The Bertz CT molecular complexity index is 6.85. The summed E-state index contributed by atoms with van der Waals surface area (Å²) in [5.74, 6) is 0. The van der Waals surface area contributed by atoms with Crippen molar-refractivity contribution in [3.8, 4) is 0 Å².